The van der Waals surface area contributed by atoms with Gasteiger partial charge < -0.3 is 0 Å². The summed E-state index contributed by atoms with van der Waals surface area (Å²) in [5.41, 5.74) is 9.28. The summed E-state index contributed by atoms with van der Waals surface area (Å²) in [4.78, 5) is 11.6. The van der Waals surface area contributed by atoms with E-state index >= 15 is 0 Å². The average Bonchev–Trinajstić information content (AvgIpc) is 2.89. The van der Waals surface area contributed by atoms with Crippen LogP contribution in [-0.2, 0) is 4.79 Å². The Hall–Kier alpha value is -2.13. The molecule has 0 spiro atoms. The lowest BCUT2D eigenvalue weighted by molar-refractivity contribution is -0.121. The van der Waals surface area contributed by atoms with Gasteiger partial charge in [-0.2, -0.15) is 0 Å². The van der Waals surface area contributed by atoms with E-state index in [4.69, 9.17) is 5.84 Å². The fourth-order valence-corrected chi connectivity index (χ4v) is 4.06. The van der Waals surface area contributed by atoms with Gasteiger partial charge in [0.2, 0.25) is 5.91 Å². The highest BCUT2D eigenvalue weighted by Crippen LogP contribution is 2.48. The Morgan fingerprint density at radius 1 is 1.27 bits per heavy atom. The van der Waals surface area contributed by atoms with Crippen LogP contribution in [0.3, 0.4) is 0 Å². The second-order valence-electron chi connectivity index (χ2n) is 6.41. The third-order valence-electron chi connectivity index (χ3n) is 5.03. The Bertz CT molecular complexity index is 716. The van der Waals surface area contributed by atoms with Crippen molar-refractivity contribution >= 4 is 5.91 Å². The fourth-order valence-electron chi connectivity index (χ4n) is 4.06. The first kappa shape index (κ1) is 13.5. The first-order valence-corrected chi connectivity index (χ1v) is 7.96. The number of fused-ring (bicyclic) bond motifs is 1. The zero-order valence-electron chi connectivity index (χ0n) is 12.5. The largest absolute Gasteiger partial charge is 0.294 e. The topological polar surface area (TPSA) is 55.1 Å². The van der Waals surface area contributed by atoms with E-state index in [-0.39, 0.29) is 11.8 Å². The summed E-state index contributed by atoms with van der Waals surface area (Å²) in [7, 11) is 0. The SMILES string of the molecule is NNC(=O)C[C@H]1C=C2C=CC3=C(C=CCC3)C3=CC=C(C1)[C@H]23. The number of hydrogen-bond acceptors (Lipinski definition) is 2. The van der Waals surface area contributed by atoms with Gasteiger partial charge >= 0.3 is 0 Å². The van der Waals surface area contributed by atoms with E-state index in [1.165, 1.54) is 27.9 Å². The molecule has 0 saturated heterocycles. The number of rotatable bonds is 2. The molecule has 4 aliphatic carbocycles. The molecule has 4 rings (SSSR count). The third kappa shape index (κ3) is 2.13. The Morgan fingerprint density at radius 3 is 3.05 bits per heavy atom. The molecule has 112 valence electrons. The van der Waals surface area contributed by atoms with Crippen LogP contribution in [0.1, 0.15) is 25.7 Å². The van der Waals surface area contributed by atoms with E-state index in [1.54, 1.807) is 0 Å². The molecular weight excluding hydrogens is 272 g/mol. The number of amides is 1. The van der Waals surface area contributed by atoms with E-state index in [9.17, 15) is 4.79 Å². The smallest absolute Gasteiger partial charge is 0.234 e. The maximum atomic E-state index is 11.6. The van der Waals surface area contributed by atoms with E-state index in [0.717, 1.165) is 19.3 Å². The summed E-state index contributed by atoms with van der Waals surface area (Å²) in [5, 5.41) is 0. The van der Waals surface area contributed by atoms with Gasteiger partial charge in [0.15, 0.2) is 0 Å². The second kappa shape index (κ2) is 5.25. The molecule has 0 fully saturated rings. The molecule has 0 aromatic carbocycles. The van der Waals surface area contributed by atoms with Crippen molar-refractivity contribution in [3.05, 3.63) is 70.4 Å². The zero-order chi connectivity index (χ0) is 15.1. The second-order valence-corrected chi connectivity index (χ2v) is 6.41. The van der Waals surface area contributed by atoms with Crippen LogP contribution in [0.15, 0.2) is 70.4 Å². The first-order valence-electron chi connectivity index (χ1n) is 7.96. The molecule has 1 amide bonds. The summed E-state index contributed by atoms with van der Waals surface area (Å²) < 4.78 is 0. The summed E-state index contributed by atoms with van der Waals surface area (Å²) in [6, 6.07) is 0. The number of carbonyl (C=O) groups is 1. The molecule has 3 N–H and O–H groups in total. The fraction of sp³-hybridized carbons (Fsp3) is 0.316. The molecule has 0 aromatic heterocycles. The molecule has 0 heterocycles. The van der Waals surface area contributed by atoms with Gasteiger partial charge in [0.25, 0.3) is 0 Å². The van der Waals surface area contributed by atoms with E-state index in [0.29, 0.717) is 12.3 Å². The molecule has 3 nitrogen and oxygen atoms in total. The summed E-state index contributed by atoms with van der Waals surface area (Å²) >= 11 is 0. The van der Waals surface area contributed by atoms with Gasteiger partial charge in [-0.1, -0.05) is 48.1 Å². The Morgan fingerprint density at radius 2 is 2.18 bits per heavy atom. The highest BCUT2D eigenvalue weighted by atomic mass is 16.2. The van der Waals surface area contributed by atoms with Gasteiger partial charge in [-0.3, -0.25) is 10.2 Å². The van der Waals surface area contributed by atoms with Crippen LogP contribution in [0.25, 0.3) is 0 Å². The van der Waals surface area contributed by atoms with E-state index in [2.05, 4.69) is 48.0 Å². The Balaban J connectivity index is 1.71. The van der Waals surface area contributed by atoms with Crippen LogP contribution in [0.2, 0.25) is 0 Å². The predicted octanol–water partition coefficient (Wildman–Crippen LogP) is 3.01. The minimum atomic E-state index is -0.0926. The minimum Gasteiger partial charge on any atom is -0.294 e. The monoisotopic (exact) mass is 292 g/mol. The number of hydrogen-bond donors (Lipinski definition) is 2. The number of nitrogens with two attached hydrogens (primary N) is 1. The highest BCUT2D eigenvalue weighted by Gasteiger charge is 2.34. The number of nitrogens with one attached hydrogen (secondary N) is 1. The van der Waals surface area contributed by atoms with Crippen molar-refractivity contribution in [1.29, 1.82) is 0 Å². The predicted molar refractivity (Wildman–Crippen MR) is 87.3 cm³/mol. The van der Waals surface area contributed by atoms with Crippen LogP contribution in [-0.4, -0.2) is 5.91 Å². The average molecular weight is 292 g/mol. The maximum absolute atomic E-state index is 11.6. The van der Waals surface area contributed by atoms with Gasteiger partial charge in [-0.25, -0.2) is 5.84 Å². The molecule has 2 atom stereocenters. The van der Waals surface area contributed by atoms with Crippen molar-refractivity contribution in [3.63, 3.8) is 0 Å². The lowest BCUT2D eigenvalue weighted by Gasteiger charge is -2.29. The van der Waals surface area contributed by atoms with Gasteiger partial charge in [-0.05, 0) is 47.5 Å². The van der Waals surface area contributed by atoms with Crippen LogP contribution in [0.4, 0.5) is 0 Å². The minimum absolute atomic E-state index is 0.0926. The highest BCUT2D eigenvalue weighted by molar-refractivity contribution is 5.76. The maximum Gasteiger partial charge on any atom is 0.234 e. The molecule has 0 aromatic rings. The number of allylic oxidation sites excluding steroid dienone is 12. The van der Waals surface area contributed by atoms with Crippen LogP contribution in [0, 0.1) is 11.8 Å². The van der Waals surface area contributed by atoms with Crippen molar-refractivity contribution in [1.82, 2.24) is 5.43 Å². The molecule has 0 saturated carbocycles. The summed E-state index contributed by atoms with van der Waals surface area (Å²) in [6.45, 7) is 0. The third-order valence-corrected chi connectivity index (χ3v) is 5.03. The zero-order valence-corrected chi connectivity index (χ0v) is 12.5. The van der Waals surface area contributed by atoms with E-state index < -0.39 is 0 Å². The quantitative estimate of drug-likeness (QED) is 0.467. The number of hydrazine groups is 1. The van der Waals surface area contributed by atoms with Gasteiger partial charge in [0.1, 0.15) is 0 Å². The molecule has 0 radical (unpaired) electrons. The molecule has 3 heteroatoms. The van der Waals surface area contributed by atoms with Crippen molar-refractivity contribution < 1.29 is 4.79 Å². The lowest BCUT2D eigenvalue weighted by atomic mass is 9.75. The molecular formula is C19H20N2O. The van der Waals surface area contributed by atoms with Crippen LogP contribution in [0.5, 0.6) is 0 Å². The van der Waals surface area contributed by atoms with Crippen molar-refractivity contribution in [3.8, 4) is 0 Å². The van der Waals surface area contributed by atoms with E-state index in [1.807, 2.05) is 0 Å². The molecule has 22 heavy (non-hydrogen) atoms. The van der Waals surface area contributed by atoms with Crippen LogP contribution < -0.4 is 11.3 Å². The number of carbonyl (C=O) groups excluding carboxylic acids is 1. The van der Waals surface area contributed by atoms with Gasteiger partial charge in [0, 0.05) is 12.3 Å². The first-order chi connectivity index (χ1) is 10.8. The molecule has 0 bridgehead atoms. The van der Waals surface area contributed by atoms with Crippen LogP contribution >= 0.6 is 0 Å². The molecule has 4 aliphatic rings. The lowest BCUT2D eigenvalue weighted by Crippen LogP contribution is -2.32. The summed E-state index contributed by atoms with van der Waals surface area (Å²) in [6.07, 6.45) is 19.5. The standard InChI is InChI=1S/C19H20N2O/c20-21-18(22)11-12-9-14-6-5-13-3-1-2-4-16(13)17-8-7-15(10-12)19(14)17/h2,4-9,12,19H,1,3,10-11,20H2,(H,21,22)/t12-,19-/m0/s1. The van der Waals surface area contributed by atoms with Crippen molar-refractivity contribution in [2.75, 3.05) is 0 Å². The van der Waals surface area contributed by atoms with Crippen molar-refractivity contribution in [2.45, 2.75) is 25.7 Å². The Kier molecular flexibility index (Phi) is 3.23. The Labute approximate surface area is 130 Å². The summed E-state index contributed by atoms with van der Waals surface area (Å²) in [5.74, 6) is 5.77. The molecule has 0 aliphatic heterocycles. The van der Waals surface area contributed by atoms with Crippen molar-refractivity contribution in [2.24, 2.45) is 17.7 Å². The van der Waals surface area contributed by atoms with Gasteiger partial charge in [0.05, 0.1) is 0 Å². The normalized spacial score (nSPS) is 28.3. The molecule has 0 unspecified atom stereocenters. The van der Waals surface area contributed by atoms with Gasteiger partial charge in [-0.15, -0.1) is 0 Å².